The summed E-state index contributed by atoms with van der Waals surface area (Å²) in [4.78, 5) is 0. The van der Waals surface area contributed by atoms with E-state index in [1.165, 1.54) is 18.6 Å². The molecule has 1 aromatic heterocycles. The Kier molecular flexibility index (Phi) is 2.35. The predicted molar refractivity (Wildman–Crippen MR) is 54.0 cm³/mol. The number of aromatic nitrogens is 3. The normalized spacial score (nSPS) is 28.7. The van der Waals surface area contributed by atoms with E-state index in [9.17, 15) is 0 Å². The number of hydrogen-bond donors (Lipinski definition) is 0. The van der Waals surface area contributed by atoms with Crippen molar-refractivity contribution in [3.05, 3.63) is 12.7 Å². The van der Waals surface area contributed by atoms with E-state index in [0.29, 0.717) is 0 Å². The molecule has 2 heterocycles. The fourth-order valence-electron chi connectivity index (χ4n) is 1.35. The summed E-state index contributed by atoms with van der Waals surface area (Å²) in [5.74, 6) is 1.24. The van der Waals surface area contributed by atoms with Crippen molar-refractivity contribution in [2.24, 2.45) is 5.10 Å². The lowest BCUT2D eigenvalue weighted by Crippen LogP contribution is -2.17. The lowest BCUT2D eigenvalue weighted by atomic mass is 10.1. The lowest BCUT2D eigenvalue weighted by Gasteiger charge is -2.14. The second kappa shape index (κ2) is 3.49. The molecule has 1 unspecified atom stereocenters. The monoisotopic (exact) mass is 196 g/mol. The van der Waals surface area contributed by atoms with E-state index in [1.54, 1.807) is 17.3 Å². The number of hydrogen-bond acceptors (Lipinski definition) is 4. The second-order valence-electron chi connectivity index (χ2n) is 3.35. The fourth-order valence-corrected chi connectivity index (χ4v) is 2.51. The smallest absolute Gasteiger partial charge is 0.141 e. The first kappa shape index (κ1) is 8.74. The van der Waals surface area contributed by atoms with E-state index in [2.05, 4.69) is 22.2 Å². The van der Waals surface area contributed by atoms with Crippen LogP contribution in [0.2, 0.25) is 0 Å². The zero-order valence-electron chi connectivity index (χ0n) is 7.55. The van der Waals surface area contributed by atoms with Crippen LogP contribution >= 0.6 is 11.8 Å². The summed E-state index contributed by atoms with van der Waals surface area (Å²) >= 11 is 1.96. The van der Waals surface area contributed by atoms with Gasteiger partial charge in [-0.3, -0.25) is 0 Å². The summed E-state index contributed by atoms with van der Waals surface area (Å²) in [5, 5.41) is 11.6. The molecule has 5 heteroatoms. The molecule has 0 aliphatic carbocycles. The van der Waals surface area contributed by atoms with Crippen LogP contribution in [0.25, 0.3) is 0 Å². The van der Waals surface area contributed by atoms with Crippen molar-refractivity contribution in [1.29, 1.82) is 0 Å². The van der Waals surface area contributed by atoms with Crippen LogP contribution in [0.1, 0.15) is 19.8 Å². The minimum absolute atomic E-state index is 0.213. The fraction of sp³-hybridized carbons (Fsp3) is 0.625. The highest BCUT2D eigenvalue weighted by atomic mass is 32.2. The zero-order valence-corrected chi connectivity index (χ0v) is 8.37. The molecule has 0 N–H and O–H groups in total. The third kappa shape index (κ3) is 2.09. The van der Waals surface area contributed by atoms with E-state index >= 15 is 0 Å². The molecule has 0 aromatic carbocycles. The van der Waals surface area contributed by atoms with Gasteiger partial charge in [0.25, 0.3) is 0 Å². The van der Waals surface area contributed by atoms with Gasteiger partial charge in [-0.2, -0.15) is 5.10 Å². The van der Waals surface area contributed by atoms with E-state index in [0.717, 1.165) is 0 Å². The van der Waals surface area contributed by atoms with E-state index in [-0.39, 0.29) is 4.75 Å². The van der Waals surface area contributed by atoms with Gasteiger partial charge in [0, 0.05) is 6.21 Å². The molecule has 1 aliphatic rings. The van der Waals surface area contributed by atoms with Gasteiger partial charge in [0.05, 0.1) is 4.75 Å². The highest BCUT2D eigenvalue weighted by Crippen LogP contribution is 2.35. The van der Waals surface area contributed by atoms with Crippen LogP contribution in [0.5, 0.6) is 0 Å². The SMILES string of the molecule is CC1(/C=N/n2cnnc2)CCCS1. The lowest BCUT2D eigenvalue weighted by molar-refractivity contribution is 0.753. The molecule has 0 spiro atoms. The van der Waals surface area contributed by atoms with Crippen molar-refractivity contribution in [3.63, 3.8) is 0 Å². The maximum Gasteiger partial charge on any atom is 0.141 e. The summed E-state index contributed by atoms with van der Waals surface area (Å²) in [7, 11) is 0. The Morgan fingerprint density at radius 2 is 2.31 bits per heavy atom. The Morgan fingerprint density at radius 3 is 2.92 bits per heavy atom. The van der Waals surface area contributed by atoms with Crippen molar-refractivity contribution in [2.45, 2.75) is 24.5 Å². The Balaban J connectivity index is 2.04. The maximum atomic E-state index is 4.27. The molecule has 0 bridgehead atoms. The van der Waals surface area contributed by atoms with Crippen molar-refractivity contribution in [2.75, 3.05) is 5.75 Å². The van der Waals surface area contributed by atoms with Crippen molar-refractivity contribution in [3.8, 4) is 0 Å². The minimum atomic E-state index is 0.213. The molecule has 1 aromatic rings. The molecule has 0 radical (unpaired) electrons. The van der Waals surface area contributed by atoms with Crippen LogP contribution in [0, 0.1) is 0 Å². The third-order valence-corrected chi connectivity index (χ3v) is 3.58. The number of nitrogens with zero attached hydrogens (tertiary/aromatic N) is 4. The summed E-state index contributed by atoms with van der Waals surface area (Å²) in [6.45, 7) is 2.22. The Morgan fingerprint density at radius 1 is 1.54 bits per heavy atom. The topological polar surface area (TPSA) is 43.1 Å². The summed E-state index contributed by atoms with van der Waals surface area (Å²) in [5.41, 5.74) is 0. The average Bonchev–Trinajstić information content (AvgIpc) is 2.72. The van der Waals surface area contributed by atoms with Crippen LogP contribution in [-0.2, 0) is 0 Å². The zero-order chi connectivity index (χ0) is 9.15. The summed E-state index contributed by atoms with van der Waals surface area (Å²) in [6.07, 6.45) is 7.69. The Bertz CT molecular complexity index is 287. The van der Waals surface area contributed by atoms with Gasteiger partial charge in [0.1, 0.15) is 12.7 Å². The van der Waals surface area contributed by atoms with Crippen molar-refractivity contribution < 1.29 is 0 Å². The van der Waals surface area contributed by atoms with Crippen LogP contribution in [0.15, 0.2) is 17.8 Å². The highest BCUT2D eigenvalue weighted by molar-refractivity contribution is 8.01. The van der Waals surface area contributed by atoms with E-state index in [4.69, 9.17) is 0 Å². The molecule has 13 heavy (non-hydrogen) atoms. The molecule has 4 nitrogen and oxygen atoms in total. The standard InChI is InChI=1S/C8H12N4S/c1-8(3-2-4-13-8)5-11-12-6-9-10-7-12/h5-7H,2-4H2,1H3/b11-5+. The number of rotatable bonds is 2. The molecule has 1 saturated heterocycles. The van der Waals surface area contributed by atoms with Gasteiger partial charge in [-0.15, -0.1) is 22.0 Å². The first-order chi connectivity index (χ1) is 6.29. The predicted octanol–water partition coefficient (Wildman–Crippen LogP) is 1.40. The minimum Gasteiger partial charge on any atom is -0.208 e. The molecule has 1 fully saturated rings. The van der Waals surface area contributed by atoms with E-state index in [1.807, 2.05) is 18.0 Å². The summed E-state index contributed by atoms with van der Waals surface area (Å²) in [6, 6.07) is 0. The van der Waals surface area contributed by atoms with Gasteiger partial charge in [-0.05, 0) is 25.5 Å². The highest BCUT2D eigenvalue weighted by Gasteiger charge is 2.27. The van der Waals surface area contributed by atoms with Crippen LogP contribution < -0.4 is 0 Å². The molecule has 0 saturated carbocycles. The second-order valence-corrected chi connectivity index (χ2v) is 4.98. The van der Waals surface area contributed by atoms with Crippen molar-refractivity contribution in [1.82, 2.24) is 14.9 Å². The van der Waals surface area contributed by atoms with Crippen LogP contribution in [0.3, 0.4) is 0 Å². The van der Waals surface area contributed by atoms with Gasteiger partial charge in [-0.25, -0.2) is 4.68 Å². The first-order valence-electron chi connectivity index (χ1n) is 4.33. The Labute approximate surface area is 81.4 Å². The van der Waals surface area contributed by atoms with Crippen LogP contribution in [-0.4, -0.2) is 31.6 Å². The molecule has 1 aliphatic heterocycles. The number of thioether (sulfide) groups is 1. The molecule has 0 amide bonds. The van der Waals surface area contributed by atoms with Crippen LogP contribution in [0.4, 0.5) is 0 Å². The van der Waals surface area contributed by atoms with Crippen molar-refractivity contribution >= 4 is 18.0 Å². The van der Waals surface area contributed by atoms with Gasteiger partial charge in [0.2, 0.25) is 0 Å². The van der Waals surface area contributed by atoms with Gasteiger partial charge >= 0.3 is 0 Å². The molecular weight excluding hydrogens is 184 g/mol. The van der Waals surface area contributed by atoms with E-state index < -0.39 is 0 Å². The molecule has 1 atom stereocenters. The van der Waals surface area contributed by atoms with Gasteiger partial charge in [0.15, 0.2) is 0 Å². The quantitative estimate of drug-likeness (QED) is 0.671. The van der Waals surface area contributed by atoms with Gasteiger partial charge < -0.3 is 0 Å². The Hall–Kier alpha value is -0.840. The van der Waals surface area contributed by atoms with Gasteiger partial charge in [-0.1, -0.05) is 0 Å². The maximum absolute atomic E-state index is 4.27. The average molecular weight is 196 g/mol. The molecular formula is C8H12N4S. The third-order valence-electron chi connectivity index (χ3n) is 2.12. The summed E-state index contributed by atoms with van der Waals surface area (Å²) < 4.78 is 1.84. The molecule has 70 valence electrons. The first-order valence-corrected chi connectivity index (χ1v) is 5.31. The molecule has 2 rings (SSSR count). The largest absolute Gasteiger partial charge is 0.208 e.